The number of para-hydroxylation sites is 1. The van der Waals surface area contributed by atoms with Crippen LogP contribution in [0.2, 0.25) is 0 Å². The van der Waals surface area contributed by atoms with Gasteiger partial charge in [0.25, 0.3) is 5.69 Å². The van der Waals surface area contributed by atoms with E-state index in [2.05, 4.69) is 0 Å². The summed E-state index contributed by atoms with van der Waals surface area (Å²) in [7, 11) is -2.50. The summed E-state index contributed by atoms with van der Waals surface area (Å²) in [4.78, 5) is 24.3. The van der Waals surface area contributed by atoms with E-state index in [0.717, 1.165) is 18.1 Å². The second-order valence-electron chi connectivity index (χ2n) is 7.55. The summed E-state index contributed by atoms with van der Waals surface area (Å²) in [6, 6.07) is 10.6. The number of benzene rings is 2. The first-order chi connectivity index (χ1) is 16.3. The SMILES string of the molecule is CCCOc1ccc(/C=C/C(=O)N2CCN(S(=O)(=O)c3ccccc3[N+](=O)[O-])CC2)cc1OC. The summed E-state index contributed by atoms with van der Waals surface area (Å²) in [5.41, 5.74) is 0.289. The van der Waals surface area contributed by atoms with Gasteiger partial charge in [0.15, 0.2) is 16.4 Å². The number of ether oxygens (including phenoxy) is 2. The van der Waals surface area contributed by atoms with Gasteiger partial charge in [0.05, 0.1) is 18.6 Å². The van der Waals surface area contributed by atoms with E-state index in [-0.39, 0.29) is 37.0 Å². The van der Waals surface area contributed by atoms with Crippen molar-refractivity contribution in [2.45, 2.75) is 18.2 Å². The van der Waals surface area contributed by atoms with Gasteiger partial charge >= 0.3 is 0 Å². The van der Waals surface area contributed by atoms with Crippen LogP contribution in [-0.2, 0) is 14.8 Å². The van der Waals surface area contributed by atoms with Crippen LogP contribution in [0, 0.1) is 10.1 Å². The van der Waals surface area contributed by atoms with Gasteiger partial charge < -0.3 is 14.4 Å². The molecule has 34 heavy (non-hydrogen) atoms. The zero-order valence-corrected chi connectivity index (χ0v) is 19.9. The third-order valence-electron chi connectivity index (χ3n) is 5.30. The van der Waals surface area contributed by atoms with Crippen molar-refractivity contribution in [3.63, 3.8) is 0 Å². The molecule has 2 aromatic rings. The van der Waals surface area contributed by atoms with E-state index in [1.165, 1.54) is 33.5 Å². The summed E-state index contributed by atoms with van der Waals surface area (Å²) in [6.07, 6.45) is 3.95. The lowest BCUT2D eigenvalue weighted by atomic mass is 10.2. The molecule has 2 aromatic carbocycles. The number of methoxy groups -OCH3 is 1. The van der Waals surface area contributed by atoms with Crippen molar-refractivity contribution in [1.29, 1.82) is 0 Å². The first kappa shape index (κ1) is 25.2. The Balaban J connectivity index is 1.64. The average molecular weight is 490 g/mol. The van der Waals surface area contributed by atoms with Crippen LogP contribution in [0.5, 0.6) is 11.5 Å². The van der Waals surface area contributed by atoms with Gasteiger partial charge in [-0.2, -0.15) is 4.31 Å². The van der Waals surface area contributed by atoms with E-state index in [4.69, 9.17) is 9.47 Å². The fraction of sp³-hybridized carbons (Fsp3) is 0.348. The molecule has 0 unspecified atom stereocenters. The minimum absolute atomic E-state index is 0.0469. The number of nitro benzene ring substituents is 1. The van der Waals surface area contributed by atoms with E-state index in [1.54, 1.807) is 25.3 Å². The molecule has 11 heteroatoms. The molecule has 1 aliphatic rings. The Morgan fingerprint density at radius 3 is 2.47 bits per heavy atom. The highest BCUT2D eigenvalue weighted by molar-refractivity contribution is 7.89. The number of piperazine rings is 1. The molecule has 0 spiro atoms. The third kappa shape index (κ3) is 5.72. The van der Waals surface area contributed by atoms with Gasteiger partial charge in [0.1, 0.15) is 0 Å². The van der Waals surface area contributed by atoms with Crippen molar-refractivity contribution in [3.05, 3.63) is 64.2 Å². The molecule has 1 aliphatic heterocycles. The Bertz CT molecular complexity index is 1170. The molecule has 0 atom stereocenters. The van der Waals surface area contributed by atoms with Crippen LogP contribution >= 0.6 is 0 Å². The van der Waals surface area contributed by atoms with Gasteiger partial charge in [-0.25, -0.2) is 8.42 Å². The molecule has 0 radical (unpaired) electrons. The summed E-state index contributed by atoms with van der Waals surface area (Å²) >= 11 is 0. The number of nitrogens with zero attached hydrogens (tertiary/aromatic N) is 3. The Morgan fingerprint density at radius 1 is 1.12 bits per heavy atom. The number of carbonyl (C=O) groups excluding carboxylic acids is 1. The van der Waals surface area contributed by atoms with Crippen LogP contribution in [0.3, 0.4) is 0 Å². The molecular weight excluding hydrogens is 462 g/mol. The summed E-state index contributed by atoms with van der Waals surface area (Å²) in [5.74, 6) is 0.939. The molecule has 0 aromatic heterocycles. The Morgan fingerprint density at radius 2 is 1.82 bits per heavy atom. The van der Waals surface area contributed by atoms with Crippen molar-refractivity contribution in [1.82, 2.24) is 9.21 Å². The van der Waals surface area contributed by atoms with Crippen molar-refractivity contribution >= 4 is 27.7 Å². The smallest absolute Gasteiger partial charge is 0.289 e. The average Bonchev–Trinajstić information content (AvgIpc) is 2.86. The third-order valence-corrected chi connectivity index (χ3v) is 7.24. The second-order valence-corrected chi connectivity index (χ2v) is 9.45. The van der Waals surface area contributed by atoms with Gasteiger partial charge in [0.2, 0.25) is 15.9 Å². The fourth-order valence-corrected chi connectivity index (χ4v) is 5.09. The highest BCUT2D eigenvalue weighted by atomic mass is 32.2. The summed E-state index contributed by atoms with van der Waals surface area (Å²) < 4.78 is 38.0. The molecule has 0 N–H and O–H groups in total. The van der Waals surface area contributed by atoms with E-state index in [1.807, 2.05) is 13.0 Å². The molecule has 1 heterocycles. The second kappa shape index (κ2) is 11.1. The van der Waals surface area contributed by atoms with Crippen LogP contribution < -0.4 is 9.47 Å². The van der Waals surface area contributed by atoms with E-state index in [9.17, 15) is 23.3 Å². The normalized spacial score (nSPS) is 14.8. The van der Waals surface area contributed by atoms with Gasteiger partial charge in [-0.05, 0) is 36.3 Å². The number of hydrogen-bond donors (Lipinski definition) is 0. The predicted molar refractivity (Wildman–Crippen MR) is 126 cm³/mol. The Hall–Kier alpha value is -3.44. The zero-order chi connectivity index (χ0) is 24.7. The maximum atomic E-state index is 12.9. The van der Waals surface area contributed by atoms with E-state index >= 15 is 0 Å². The topological polar surface area (TPSA) is 119 Å². The zero-order valence-electron chi connectivity index (χ0n) is 19.0. The lowest BCUT2D eigenvalue weighted by molar-refractivity contribution is -0.387. The molecule has 0 bridgehead atoms. The van der Waals surface area contributed by atoms with Crippen LogP contribution in [-0.4, -0.2) is 68.3 Å². The number of carbonyl (C=O) groups is 1. The van der Waals surface area contributed by atoms with Crippen molar-refractivity contribution in [3.8, 4) is 11.5 Å². The first-order valence-corrected chi connectivity index (χ1v) is 12.2. The van der Waals surface area contributed by atoms with Crippen molar-refractivity contribution in [2.24, 2.45) is 0 Å². The predicted octanol–water partition coefficient (Wildman–Crippen LogP) is 2.94. The molecule has 3 rings (SSSR count). The van der Waals surface area contributed by atoms with Crippen LogP contribution in [0.1, 0.15) is 18.9 Å². The van der Waals surface area contributed by atoms with E-state index < -0.39 is 20.6 Å². The first-order valence-electron chi connectivity index (χ1n) is 10.8. The maximum absolute atomic E-state index is 12.9. The minimum Gasteiger partial charge on any atom is -0.493 e. The monoisotopic (exact) mass is 489 g/mol. The lowest BCUT2D eigenvalue weighted by Crippen LogP contribution is -2.50. The van der Waals surface area contributed by atoms with Gasteiger partial charge in [-0.3, -0.25) is 14.9 Å². The largest absolute Gasteiger partial charge is 0.493 e. The van der Waals surface area contributed by atoms with Crippen molar-refractivity contribution < 1.29 is 27.6 Å². The van der Waals surface area contributed by atoms with Crippen LogP contribution in [0.15, 0.2) is 53.4 Å². The molecule has 1 amide bonds. The quantitative estimate of drug-likeness (QED) is 0.302. The van der Waals surface area contributed by atoms with Gasteiger partial charge in [0, 0.05) is 38.3 Å². The highest BCUT2D eigenvalue weighted by Crippen LogP contribution is 2.29. The van der Waals surface area contributed by atoms with Crippen molar-refractivity contribution in [2.75, 3.05) is 39.9 Å². The summed E-state index contributed by atoms with van der Waals surface area (Å²) in [6.45, 7) is 3.03. The molecule has 10 nitrogen and oxygen atoms in total. The molecule has 1 fully saturated rings. The maximum Gasteiger partial charge on any atom is 0.289 e. The van der Waals surface area contributed by atoms with Crippen LogP contribution in [0.25, 0.3) is 6.08 Å². The highest BCUT2D eigenvalue weighted by Gasteiger charge is 2.34. The molecular formula is C23H27N3O7S. The lowest BCUT2D eigenvalue weighted by Gasteiger charge is -2.33. The van der Waals surface area contributed by atoms with Gasteiger partial charge in [-0.1, -0.05) is 25.1 Å². The molecule has 0 aliphatic carbocycles. The Labute approximate surface area is 198 Å². The number of amides is 1. The number of hydrogen-bond acceptors (Lipinski definition) is 7. The van der Waals surface area contributed by atoms with Crippen LogP contribution in [0.4, 0.5) is 5.69 Å². The molecule has 182 valence electrons. The number of rotatable bonds is 9. The number of nitro groups is 1. The minimum atomic E-state index is -4.05. The summed E-state index contributed by atoms with van der Waals surface area (Å²) in [5, 5.41) is 11.2. The van der Waals surface area contributed by atoms with E-state index in [0.29, 0.717) is 18.1 Å². The van der Waals surface area contributed by atoms with Gasteiger partial charge in [-0.15, -0.1) is 0 Å². The number of sulfonamides is 1. The standard InChI is InChI=1S/C23H27N3O7S/c1-3-16-33-20-10-8-18(17-21(20)32-2)9-11-23(27)24-12-14-25(15-13-24)34(30,31)22-7-5-4-6-19(22)26(28)29/h4-11,17H,3,12-16H2,1-2H3/b11-9+. The molecule has 0 saturated carbocycles. The fourth-order valence-electron chi connectivity index (χ4n) is 3.51. The Kier molecular flexibility index (Phi) is 8.24. The molecule has 1 saturated heterocycles.